The van der Waals surface area contributed by atoms with Crippen molar-refractivity contribution < 1.29 is 9.59 Å². The Labute approximate surface area is 113 Å². The molecule has 19 heavy (non-hydrogen) atoms. The molecule has 2 unspecified atom stereocenters. The minimum absolute atomic E-state index is 0.120. The zero-order valence-electron chi connectivity index (χ0n) is 11.1. The number of Topliss-reactive ketones (excluding diaryl/α,β-unsaturated/α-hetero) is 1. The van der Waals surface area contributed by atoms with Crippen LogP contribution in [0.5, 0.6) is 0 Å². The van der Waals surface area contributed by atoms with Crippen molar-refractivity contribution in [3.63, 3.8) is 0 Å². The number of nitrogens with one attached hydrogen (secondary N) is 1. The van der Waals surface area contributed by atoms with Gasteiger partial charge in [0.1, 0.15) is 6.04 Å². The quantitative estimate of drug-likeness (QED) is 0.667. The van der Waals surface area contributed by atoms with Crippen LogP contribution in [-0.4, -0.2) is 24.3 Å². The number of nitrogens with two attached hydrogens (primary N) is 2. The summed E-state index contributed by atoms with van der Waals surface area (Å²) in [6, 6.07) is 7.84. The highest BCUT2D eigenvalue weighted by atomic mass is 16.2. The molecule has 1 aromatic rings. The molecule has 0 heterocycles. The Bertz CT molecular complexity index is 420. The normalized spacial score (nSPS) is 13.6. The number of hydrogen-bond donors (Lipinski definition) is 3. The van der Waals surface area contributed by atoms with E-state index in [4.69, 9.17) is 11.5 Å². The molecule has 0 aliphatic rings. The Morgan fingerprint density at radius 2 is 1.89 bits per heavy atom. The van der Waals surface area contributed by atoms with Crippen LogP contribution in [0.15, 0.2) is 30.3 Å². The summed E-state index contributed by atoms with van der Waals surface area (Å²) in [5, 5.41) is 2.69. The fourth-order valence-corrected chi connectivity index (χ4v) is 1.78. The predicted molar refractivity (Wildman–Crippen MR) is 74.3 cm³/mol. The van der Waals surface area contributed by atoms with Gasteiger partial charge in [-0.1, -0.05) is 30.3 Å². The number of carbonyl (C=O) groups is 2. The van der Waals surface area contributed by atoms with Crippen LogP contribution in [0.1, 0.15) is 31.4 Å². The molecule has 5 N–H and O–H groups in total. The molecular weight excluding hydrogens is 242 g/mol. The molecule has 2 atom stereocenters. The van der Waals surface area contributed by atoms with E-state index < -0.39 is 12.1 Å². The summed E-state index contributed by atoms with van der Waals surface area (Å²) >= 11 is 0. The summed E-state index contributed by atoms with van der Waals surface area (Å²) in [6.45, 7) is 1.94. The average Bonchev–Trinajstić information content (AvgIpc) is 2.42. The van der Waals surface area contributed by atoms with E-state index in [9.17, 15) is 9.59 Å². The van der Waals surface area contributed by atoms with E-state index in [0.29, 0.717) is 19.4 Å². The van der Waals surface area contributed by atoms with Crippen molar-refractivity contribution in [2.45, 2.75) is 31.8 Å². The maximum absolute atomic E-state index is 11.9. The first-order valence-corrected chi connectivity index (χ1v) is 6.37. The van der Waals surface area contributed by atoms with Crippen molar-refractivity contribution in [2.24, 2.45) is 11.5 Å². The lowest BCUT2D eigenvalue weighted by Crippen LogP contribution is -2.44. The Morgan fingerprint density at radius 3 is 2.42 bits per heavy atom. The highest BCUT2D eigenvalue weighted by Crippen LogP contribution is 2.13. The minimum Gasteiger partial charge on any atom is -0.341 e. The van der Waals surface area contributed by atoms with E-state index in [1.54, 1.807) is 12.1 Å². The predicted octanol–water partition coefficient (Wildman–Crippen LogP) is 0.499. The van der Waals surface area contributed by atoms with Gasteiger partial charge in [0.25, 0.3) is 0 Å². The minimum atomic E-state index is -0.641. The van der Waals surface area contributed by atoms with Crippen molar-refractivity contribution in [3.8, 4) is 0 Å². The van der Waals surface area contributed by atoms with Crippen LogP contribution in [0.3, 0.4) is 0 Å². The second-order valence-corrected chi connectivity index (χ2v) is 4.50. The number of hydrogen-bond acceptors (Lipinski definition) is 4. The van der Waals surface area contributed by atoms with Crippen LogP contribution < -0.4 is 16.8 Å². The summed E-state index contributed by atoms with van der Waals surface area (Å²) in [7, 11) is 0. The fraction of sp³-hybridized carbons (Fsp3) is 0.429. The number of rotatable bonds is 7. The molecule has 0 saturated carbocycles. The zero-order chi connectivity index (χ0) is 14.3. The highest BCUT2D eigenvalue weighted by Gasteiger charge is 2.22. The van der Waals surface area contributed by atoms with Gasteiger partial charge in [0.05, 0.1) is 6.04 Å². The van der Waals surface area contributed by atoms with Crippen LogP contribution in [0.2, 0.25) is 0 Å². The van der Waals surface area contributed by atoms with Crippen molar-refractivity contribution >= 4 is 11.7 Å². The van der Waals surface area contributed by atoms with Gasteiger partial charge in [0, 0.05) is 0 Å². The Morgan fingerprint density at radius 1 is 1.26 bits per heavy atom. The molecule has 0 aromatic heterocycles. The zero-order valence-corrected chi connectivity index (χ0v) is 11.1. The molecule has 0 bridgehead atoms. The van der Waals surface area contributed by atoms with Gasteiger partial charge >= 0.3 is 0 Å². The van der Waals surface area contributed by atoms with Gasteiger partial charge in [-0.05, 0) is 31.9 Å². The molecule has 0 radical (unpaired) electrons. The third-order valence-electron chi connectivity index (χ3n) is 2.88. The molecular formula is C14H21N3O2. The second-order valence-electron chi connectivity index (χ2n) is 4.50. The second kappa shape index (κ2) is 7.66. The van der Waals surface area contributed by atoms with Crippen LogP contribution in [-0.2, 0) is 9.59 Å². The lowest BCUT2D eigenvalue weighted by molar-refractivity contribution is -0.127. The van der Waals surface area contributed by atoms with Crippen molar-refractivity contribution in [1.29, 1.82) is 0 Å². The first-order valence-electron chi connectivity index (χ1n) is 6.37. The lowest BCUT2D eigenvalue weighted by atomic mass is 10.0. The van der Waals surface area contributed by atoms with Gasteiger partial charge < -0.3 is 16.8 Å². The van der Waals surface area contributed by atoms with Gasteiger partial charge in [-0.15, -0.1) is 0 Å². The summed E-state index contributed by atoms with van der Waals surface area (Å²) < 4.78 is 0. The van der Waals surface area contributed by atoms with E-state index in [2.05, 4.69) is 5.32 Å². The molecule has 0 fully saturated rings. The van der Waals surface area contributed by atoms with Crippen LogP contribution in [0.25, 0.3) is 0 Å². The molecule has 0 saturated heterocycles. The Balaban J connectivity index is 2.70. The SMILES string of the molecule is CC(=O)C(NC(=O)C(N)CCCN)c1ccccc1. The summed E-state index contributed by atoms with van der Waals surface area (Å²) in [5.41, 5.74) is 11.9. The maximum Gasteiger partial charge on any atom is 0.237 e. The van der Waals surface area contributed by atoms with E-state index in [0.717, 1.165) is 5.56 Å². The first-order chi connectivity index (χ1) is 9.06. The number of carbonyl (C=O) groups excluding carboxylic acids is 2. The molecule has 5 nitrogen and oxygen atoms in total. The van der Waals surface area contributed by atoms with E-state index in [1.165, 1.54) is 6.92 Å². The number of benzene rings is 1. The lowest BCUT2D eigenvalue weighted by Gasteiger charge is -2.19. The molecule has 1 aromatic carbocycles. The average molecular weight is 263 g/mol. The van der Waals surface area contributed by atoms with E-state index in [-0.39, 0.29) is 11.7 Å². The summed E-state index contributed by atoms with van der Waals surface area (Å²) in [5.74, 6) is -0.442. The molecule has 104 valence electrons. The highest BCUT2D eigenvalue weighted by molar-refractivity contribution is 5.90. The smallest absolute Gasteiger partial charge is 0.237 e. The molecule has 0 aliphatic carbocycles. The van der Waals surface area contributed by atoms with E-state index in [1.807, 2.05) is 18.2 Å². The van der Waals surface area contributed by atoms with Crippen LogP contribution in [0.4, 0.5) is 0 Å². The Hall–Kier alpha value is -1.72. The van der Waals surface area contributed by atoms with Crippen LogP contribution >= 0.6 is 0 Å². The monoisotopic (exact) mass is 263 g/mol. The molecule has 5 heteroatoms. The third kappa shape index (κ3) is 4.81. The third-order valence-corrected chi connectivity index (χ3v) is 2.88. The first kappa shape index (κ1) is 15.3. The van der Waals surface area contributed by atoms with Gasteiger partial charge in [0.15, 0.2) is 5.78 Å². The van der Waals surface area contributed by atoms with Gasteiger partial charge in [-0.2, -0.15) is 0 Å². The summed E-state index contributed by atoms with van der Waals surface area (Å²) in [4.78, 5) is 23.5. The number of amides is 1. The number of ketones is 1. The summed E-state index contributed by atoms with van der Waals surface area (Å²) in [6.07, 6.45) is 1.20. The van der Waals surface area contributed by atoms with Gasteiger partial charge in [-0.3, -0.25) is 9.59 Å². The molecule has 0 aliphatic heterocycles. The topological polar surface area (TPSA) is 98.2 Å². The fourth-order valence-electron chi connectivity index (χ4n) is 1.78. The van der Waals surface area contributed by atoms with Crippen molar-refractivity contribution in [3.05, 3.63) is 35.9 Å². The van der Waals surface area contributed by atoms with Crippen LogP contribution in [0, 0.1) is 0 Å². The van der Waals surface area contributed by atoms with Gasteiger partial charge in [0.2, 0.25) is 5.91 Å². The Kier molecular flexibility index (Phi) is 6.18. The van der Waals surface area contributed by atoms with Gasteiger partial charge in [-0.25, -0.2) is 0 Å². The largest absolute Gasteiger partial charge is 0.341 e. The molecule has 0 spiro atoms. The van der Waals surface area contributed by atoms with Crippen molar-refractivity contribution in [1.82, 2.24) is 5.32 Å². The molecule has 1 amide bonds. The standard InChI is InChI=1S/C14H21N3O2/c1-10(18)13(11-6-3-2-4-7-11)17-14(19)12(16)8-5-9-15/h2-4,6-7,12-13H,5,8-9,15-16H2,1H3,(H,17,19). The van der Waals surface area contributed by atoms with Crippen molar-refractivity contribution in [2.75, 3.05) is 6.54 Å². The molecule has 1 rings (SSSR count). The maximum atomic E-state index is 11.9. The van der Waals surface area contributed by atoms with E-state index >= 15 is 0 Å².